The third kappa shape index (κ3) is 3.84. The van der Waals surface area contributed by atoms with Gasteiger partial charge in [0.25, 0.3) is 0 Å². The molecule has 0 aromatic carbocycles. The quantitative estimate of drug-likeness (QED) is 0.489. The molecule has 0 aromatic rings. The van der Waals surface area contributed by atoms with Crippen LogP contribution in [-0.4, -0.2) is 44.6 Å². The van der Waals surface area contributed by atoms with E-state index in [1.807, 2.05) is 0 Å². The molecule has 0 aliphatic heterocycles. The summed E-state index contributed by atoms with van der Waals surface area (Å²) in [6, 6.07) is 0. The monoisotopic (exact) mass is 179 g/mol. The molecule has 0 spiro atoms. The average Bonchev–Trinajstić information content (AvgIpc) is 1.85. The van der Waals surface area contributed by atoms with Crippen molar-refractivity contribution in [2.75, 3.05) is 19.3 Å². The first-order valence-electron chi connectivity index (χ1n) is 2.84. The van der Waals surface area contributed by atoms with Gasteiger partial charge < -0.3 is 9.59 Å². The van der Waals surface area contributed by atoms with Crippen molar-refractivity contribution in [1.29, 1.82) is 0 Å². The molecule has 6 heteroatoms. The molecule has 0 aliphatic rings. The van der Waals surface area contributed by atoms with Gasteiger partial charge in [0, 0.05) is 0 Å². The number of nitrogens with zero attached hydrogens (tertiary/aromatic N) is 1. The summed E-state index contributed by atoms with van der Waals surface area (Å²) in [6.07, 6.45) is 1.81. The smallest absolute Gasteiger partial charge is 0.211 e. The predicted molar refractivity (Wildman–Crippen MR) is 38.5 cm³/mol. The van der Waals surface area contributed by atoms with Crippen molar-refractivity contribution in [3.8, 4) is 0 Å². The van der Waals surface area contributed by atoms with Gasteiger partial charge in [0.15, 0.2) is 0 Å². The zero-order valence-corrected chi connectivity index (χ0v) is 6.87. The minimum atomic E-state index is -3.42. The van der Waals surface area contributed by atoms with E-state index in [0.717, 1.165) is 10.6 Å². The van der Waals surface area contributed by atoms with E-state index < -0.39 is 10.0 Å². The Bertz CT molecular complexity index is 223. The number of carbonyl (C=O) groups excluding carboxylic acids is 2. The van der Waals surface area contributed by atoms with Crippen LogP contribution in [0.4, 0.5) is 0 Å². The molecule has 0 fully saturated rings. The Morgan fingerprint density at radius 3 is 1.73 bits per heavy atom. The molecule has 0 aromatic heterocycles. The summed E-state index contributed by atoms with van der Waals surface area (Å²) in [5.41, 5.74) is 0. The SMILES string of the molecule is CS(=O)(=O)N(CC=O)CC=O. The number of hydrogen-bond donors (Lipinski definition) is 0. The van der Waals surface area contributed by atoms with Gasteiger partial charge in [-0.3, -0.25) is 0 Å². The summed E-state index contributed by atoms with van der Waals surface area (Å²) in [4.78, 5) is 19.8. The van der Waals surface area contributed by atoms with E-state index in [9.17, 15) is 18.0 Å². The van der Waals surface area contributed by atoms with Crippen molar-refractivity contribution in [2.24, 2.45) is 0 Å². The lowest BCUT2D eigenvalue weighted by Gasteiger charge is -2.12. The van der Waals surface area contributed by atoms with E-state index in [1.165, 1.54) is 0 Å². The normalized spacial score (nSPS) is 11.5. The molecule has 0 atom stereocenters. The Morgan fingerprint density at radius 2 is 1.55 bits per heavy atom. The molecular weight excluding hydrogens is 170 g/mol. The first kappa shape index (κ1) is 10.2. The van der Waals surface area contributed by atoms with E-state index in [4.69, 9.17) is 0 Å². The minimum Gasteiger partial charge on any atom is -0.302 e. The molecule has 64 valence electrons. The van der Waals surface area contributed by atoms with Crippen LogP contribution in [0.3, 0.4) is 0 Å². The molecule has 0 aliphatic carbocycles. The maximum atomic E-state index is 10.7. The molecule has 0 radical (unpaired) electrons. The maximum Gasteiger partial charge on any atom is 0.211 e. The van der Waals surface area contributed by atoms with E-state index in [0.29, 0.717) is 12.6 Å². The minimum absolute atomic E-state index is 0.266. The number of carbonyl (C=O) groups is 2. The summed E-state index contributed by atoms with van der Waals surface area (Å²) in [6.45, 7) is -0.533. The molecule has 0 saturated heterocycles. The summed E-state index contributed by atoms with van der Waals surface area (Å²) in [5, 5.41) is 0. The first-order valence-corrected chi connectivity index (χ1v) is 4.69. The maximum absolute atomic E-state index is 10.7. The average molecular weight is 179 g/mol. The van der Waals surface area contributed by atoms with E-state index in [2.05, 4.69) is 0 Å². The van der Waals surface area contributed by atoms with Crippen molar-refractivity contribution >= 4 is 22.6 Å². The highest BCUT2D eigenvalue weighted by Gasteiger charge is 2.14. The van der Waals surface area contributed by atoms with Gasteiger partial charge in [0.1, 0.15) is 12.6 Å². The number of sulfonamides is 1. The second kappa shape index (κ2) is 4.20. The van der Waals surface area contributed by atoms with E-state index >= 15 is 0 Å². The molecule has 11 heavy (non-hydrogen) atoms. The third-order valence-electron chi connectivity index (χ3n) is 1.03. The van der Waals surface area contributed by atoms with Crippen LogP contribution in [0.25, 0.3) is 0 Å². The number of aldehydes is 2. The lowest BCUT2D eigenvalue weighted by Crippen LogP contribution is -2.33. The highest BCUT2D eigenvalue weighted by Crippen LogP contribution is 1.92. The molecule has 0 rings (SSSR count). The van der Waals surface area contributed by atoms with Crippen molar-refractivity contribution in [3.63, 3.8) is 0 Å². The van der Waals surface area contributed by atoms with Crippen LogP contribution < -0.4 is 0 Å². The van der Waals surface area contributed by atoms with Crippen LogP contribution in [0.15, 0.2) is 0 Å². The second-order valence-corrected chi connectivity index (χ2v) is 3.90. The predicted octanol–water partition coefficient (Wildman–Crippen LogP) is -1.35. The second-order valence-electron chi connectivity index (χ2n) is 1.91. The van der Waals surface area contributed by atoms with Crippen LogP contribution in [0, 0.1) is 0 Å². The Hall–Kier alpha value is -0.750. The Balaban J connectivity index is 4.33. The molecule has 5 nitrogen and oxygen atoms in total. The lowest BCUT2D eigenvalue weighted by molar-refractivity contribution is -0.109. The zero-order valence-electron chi connectivity index (χ0n) is 6.06. The summed E-state index contributed by atoms with van der Waals surface area (Å²) >= 11 is 0. The van der Waals surface area contributed by atoms with Gasteiger partial charge in [0.05, 0.1) is 19.3 Å². The van der Waals surface area contributed by atoms with Crippen molar-refractivity contribution in [3.05, 3.63) is 0 Å². The van der Waals surface area contributed by atoms with Gasteiger partial charge in [-0.05, 0) is 0 Å². The van der Waals surface area contributed by atoms with Gasteiger partial charge in [-0.1, -0.05) is 0 Å². The molecule has 0 amide bonds. The Kier molecular flexibility index (Phi) is 3.91. The zero-order chi connectivity index (χ0) is 8.91. The van der Waals surface area contributed by atoms with Crippen molar-refractivity contribution in [2.45, 2.75) is 0 Å². The Labute approximate surface area is 65.0 Å². The summed E-state index contributed by atoms with van der Waals surface area (Å²) in [7, 11) is -3.42. The van der Waals surface area contributed by atoms with Crippen LogP contribution in [0.1, 0.15) is 0 Å². The van der Waals surface area contributed by atoms with Crippen LogP contribution in [-0.2, 0) is 19.6 Å². The highest BCUT2D eigenvalue weighted by atomic mass is 32.2. The molecular formula is C5H9NO4S. The Morgan fingerprint density at radius 1 is 1.18 bits per heavy atom. The number of hydrogen-bond acceptors (Lipinski definition) is 4. The van der Waals surface area contributed by atoms with E-state index in [1.54, 1.807) is 0 Å². The standard InChI is InChI=1S/C5H9NO4S/c1-11(9,10)6(2-4-7)3-5-8/h4-5H,2-3H2,1H3. The van der Waals surface area contributed by atoms with Gasteiger partial charge in [-0.15, -0.1) is 0 Å². The number of rotatable bonds is 5. The first-order chi connectivity index (χ1) is 5.02. The molecule has 0 heterocycles. The topological polar surface area (TPSA) is 71.5 Å². The van der Waals surface area contributed by atoms with Crippen LogP contribution in [0.5, 0.6) is 0 Å². The lowest BCUT2D eigenvalue weighted by atomic mass is 10.6. The van der Waals surface area contributed by atoms with Gasteiger partial charge in [-0.25, -0.2) is 8.42 Å². The van der Waals surface area contributed by atoms with Gasteiger partial charge in [0.2, 0.25) is 10.0 Å². The fourth-order valence-corrected chi connectivity index (χ4v) is 1.17. The fraction of sp³-hybridized carbons (Fsp3) is 0.600. The van der Waals surface area contributed by atoms with Crippen molar-refractivity contribution in [1.82, 2.24) is 4.31 Å². The van der Waals surface area contributed by atoms with Gasteiger partial charge in [-0.2, -0.15) is 4.31 Å². The molecule has 0 saturated carbocycles. The summed E-state index contributed by atoms with van der Waals surface area (Å²) < 4.78 is 22.2. The fourth-order valence-electron chi connectivity index (χ4n) is 0.512. The highest BCUT2D eigenvalue weighted by molar-refractivity contribution is 7.88. The van der Waals surface area contributed by atoms with Crippen LogP contribution in [0.2, 0.25) is 0 Å². The molecule has 0 N–H and O–H groups in total. The third-order valence-corrected chi connectivity index (χ3v) is 2.26. The van der Waals surface area contributed by atoms with Crippen LogP contribution >= 0.6 is 0 Å². The largest absolute Gasteiger partial charge is 0.302 e. The summed E-state index contributed by atoms with van der Waals surface area (Å²) in [5.74, 6) is 0. The molecule has 0 unspecified atom stereocenters. The van der Waals surface area contributed by atoms with Crippen molar-refractivity contribution < 1.29 is 18.0 Å². The molecule has 0 bridgehead atoms. The van der Waals surface area contributed by atoms with E-state index in [-0.39, 0.29) is 13.1 Å². The van der Waals surface area contributed by atoms with Gasteiger partial charge >= 0.3 is 0 Å².